The molecule has 9 heteroatoms. The average molecular weight is 420 g/mol. The SMILES string of the molecule is O=C(CSc1nnc(NCC2CCCO2)s1)Nc1ccc(N2CCCC2)cc1. The zero-order valence-electron chi connectivity index (χ0n) is 15.7. The van der Waals surface area contributed by atoms with Gasteiger partial charge in [-0.2, -0.15) is 0 Å². The van der Waals surface area contributed by atoms with E-state index in [9.17, 15) is 4.79 Å². The summed E-state index contributed by atoms with van der Waals surface area (Å²) in [6, 6.07) is 8.08. The molecule has 3 heterocycles. The topological polar surface area (TPSA) is 79.4 Å². The molecule has 4 rings (SSSR count). The van der Waals surface area contributed by atoms with Crippen LogP contribution in [0.1, 0.15) is 25.7 Å². The minimum Gasteiger partial charge on any atom is -0.376 e. The van der Waals surface area contributed by atoms with Gasteiger partial charge in [-0.05, 0) is 49.9 Å². The summed E-state index contributed by atoms with van der Waals surface area (Å²) in [5.41, 5.74) is 2.05. The van der Waals surface area contributed by atoms with Crippen molar-refractivity contribution in [1.82, 2.24) is 10.2 Å². The van der Waals surface area contributed by atoms with Crippen molar-refractivity contribution in [1.29, 1.82) is 0 Å². The van der Waals surface area contributed by atoms with Gasteiger partial charge in [0.15, 0.2) is 4.34 Å². The lowest BCUT2D eigenvalue weighted by Gasteiger charge is -2.17. The molecule has 1 aromatic carbocycles. The van der Waals surface area contributed by atoms with E-state index in [-0.39, 0.29) is 12.0 Å². The predicted molar refractivity (Wildman–Crippen MR) is 115 cm³/mol. The molecule has 2 saturated heterocycles. The van der Waals surface area contributed by atoms with Crippen molar-refractivity contribution in [2.75, 3.05) is 47.5 Å². The number of thioether (sulfide) groups is 1. The maximum atomic E-state index is 12.2. The van der Waals surface area contributed by atoms with E-state index in [2.05, 4.69) is 37.9 Å². The molecule has 150 valence electrons. The molecule has 1 aromatic heterocycles. The van der Waals surface area contributed by atoms with Gasteiger partial charge in [0, 0.05) is 37.6 Å². The minimum atomic E-state index is -0.0389. The molecule has 2 aliphatic rings. The zero-order valence-corrected chi connectivity index (χ0v) is 17.4. The zero-order chi connectivity index (χ0) is 19.2. The Bertz CT molecular complexity index is 771. The average Bonchev–Trinajstić information content (AvgIpc) is 3.48. The number of nitrogens with one attached hydrogen (secondary N) is 2. The van der Waals surface area contributed by atoms with Gasteiger partial charge in [-0.25, -0.2) is 0 Å². The summed E-state index contributed by atoms with van der Waals surface area (Å²) in [6.07, 6.45) is 4.99. The highest BCUT2D eigenvalue weighted by molar-refractivity contribution is 8.01. The molecule has 0 radical (unpaired) electrons. The number of amides is 1. The Morgan fingerprint density at radius 1 is 1.21 bits per heavy atom. The van der Waals surface area contributed by atoms with Gasteiger partial charge in [0.25, 0.3) is 0 Å². The van der Waals surface area contributed by atoms with Crippen molar-refractivity contribution in [3.8, 4) is 0 Å². The number of carbonyl (C=O) groups excluding carboxylic acids is 1. The molecule has 2 aliphatic heterocycles. The fourth-order valence-electron chi connectivity index (χ4n) is 3.40. The second-order valence-electron chi connectivity index (χ2n) is 6.97. The van der Waals surface area contributed by atoms with Gasteiger partial charge in [0.1, 0.15) is 0 Å². The number of hydrogen-bond acceptors (Lipinski definition) is 8. The number of hydrogen-bond donors (Lipinski definition) is 2. The fraction of sp³-hybridized carbons (Fsp3) is 0.526. The molecule has 0 bridgehead atoms. The van der Waals surface area contributed by atoms with Crippen LogP contribution >= 0.6 is 23.1 Å². The first-order valence-corrected chi connectivity index (χ1v) is 11.5. The van der Waals surface area contributed by atoms with Gasteiger partial charge < -0.3 is 20.3 Å². The molecule has 0 aliphatic carbocycles. The summed E-state index contributed by atoms with van der Waals surface area (Å²) in [5.74, 6) is 0.275. The van der Waals surface area contributed by atoms with Crippen molar-refractivity contribution in [3.63, 3.8) is 0 Å². The molecule has 0 spiro atoms. The van der Waals surface area contributed by atoms with Crippen LogP contribution in [-0.4, -0.2) is 54.2 Å². The van der Waals surface area contributed by atoms with Crippen molar-refractivity contribution in [2.24, 2.45) is 0 Å². The molecule has 0 saturated carbocycles. The summed E-state index contributed by atoms with van der Waals surface area (Å²) in [7, 11) is 0. The number of anilines is 3. The third kappa shape index (κ3) is 5.36. The molecule has 7 nitrogen and oxygen atoms in total. The highest BCUT2D eigenvalue weighted by Crippen LogP contribution is 2.26. The first-order chi connectivity index (χ1) is 13.8. The quantitative estimate of drug-likeness (QED) is 0.634. The van der Waals surface area contributed by atoms with E-state index in [1.165, 1.54) is 41.6 Å². The number of rotatable bonds is 8. The van der Waals surface area contributed by atoms with Gasteiger partial charge in [-0.15, -0.1) is 10.2 Å². The van der Waals surface area contributed by atoms with Crippen LogP contribution in [0.3, 0.4) is 0 Å². The first kappa shape index (κ1) is 19.5. The van der Waals surface area contributed by atoms with E-state index in [1.807, 2.05) is 12.1 Å². The van der Waals surface area contributed by atoms with Crippen molar-refractivity contribution >= 4 is 45.5 Å². The molecule has 1 unspecified atom stereocenters. The Morgan fingerprint density at radius 3 is 2.79 bits per heavy atom. The highest BCUT2D eigenvalue weighted by Gasteiger charge is 2.16. The third-order valence-corrected chi connectivity index (χ3v) is 6.87. The van der Waals surface area contributed by atoms with E-state index >= 15 is 0 Å². The summed E-state index contributed by atoms with van der Waals surface area (Å²) < 4.78 is 6.37. The van der Waals surface area contributed by atoms with Crippen LogP contribution in [0.5, 0.6) is 0 Å². The number of nitrogens with zero attached hydrogens (tertiary/aromatic N) is 3. The molecule has 28 heavy (non-hydrogen) atoms. The van der Waals surface area contributed by atoms with Crippen LogP contribution in [0.4, 0.5) is 16.5 Å². The second kappa shape index (κ2) is 9.58. The Hall–Kier alpha value is -1.84. The van der Waals surface area contributed by atoms with Gasteiger partial charge in [0.05, 0.1) is 11.9 Å². The van der Waals surface area contributed by atoms with Crippen LogP contribution in [0.15, 0.2) is 28.6 Å². The van der Waals surface area contributed by atoms with Gasteiger partial charge in [-0.1, -0.05) is 23.1 Å². The summed E-state index contributed by atoms with van der Waals surface area (Å²) in [4.78, 5) is 14.6. The number of carbonyl (C=O) groups is 1. The standard InChI is InChI=1S/C19H25N5O2S2/c25-17(21-14-5-7-15(8-6-14)24-9-1-2-10-24)13-27-19-23-22-18(28-19)20-12-16-4-3-11-26-16/h5-8,16H,1-4,9-13H2,(H,20,22)(H,21,25). The van der Waals surface area contributed by atoms with Crippen LogP contribution in [-0.2, 0) is 9.53 Å². The Kier molecular flexibility index (Phi) is 6.66. The molecule has 2 N–H and O–H groups in total. The maximum absolute atomic E-state index is 12.2. The molecule has 1 amide bonds. The van der Waals surface area contributed by atoms with Crippen LogP contribution in [0.2, 0.25) is 0 Å². The lowest BCUT2D eigenvalue weighted by atomic mass is 10.2. The smallest absolute Gasteiger partial charge is 0.234 e. The lowest BCUT2D eigenvalue weighted by molar-refractivity contribution is -0.113. The summed E-state index contributed by atoms with van der Waals surface area (Å²) >= 11 is 2.87. The van der Waals surface area contributed by atoms with Crippen LogP contribution < -0.4 is 15.5 Å². The van der Waals surface area contributed by atoms with E-state index in [4.69, 9.17) is 4.74 Å². The Balaban J connectivity index is 1.20. The van der Waals surface area contributed by atoms with E-state index < -0.39 is 0 Å². The van der Waals surface area contributed by atoms with E-state index in [0.29, 0.717) is 5.75 Å². The first-order valence-electron chi connectivity index (χ1n) is 9.73. The van der Waals surface area contributed by atoms with Crippen LogP contribution in [0, 0.1) is 0 Å². The summed E-state index contributed by atoms with van der Waals surface area (Å²) in [5, 5.41) is 15.3. The largest absolute Gasteiger partial charge is 0.376 e. The maximum Gasteiger partial charge on any atom is 0.234 e. The minimum absolute atomic E-state index is 0.0389. The van der Waals surface area contributed by atoms with Crippen LogP contribution in [0.25, 0.3) is 0 Å². The van der Waals surface area contributed by atoms with Crippen molar-refractivity contribution in [2.45, 2.75) is 36.1 Å². The molecule has 2 fully saturated rings. The fourth-order valence-corrected chi connectivity index (χ4v) is 4.96. The van der Waals surface area contributed by atoms with Crippen molar-refractivity contribution in [3.05, 3.63) is 24.3 Å². The van der Waals surface area contributed by atoms with Crippen molar-refractivity contribution < 1.29 is 9.53 Å². The van der Waals surface area contributed by atoms with E-state index in [1.54, 1.807) is 0 Å². The molecule has 2 aromatic rings. The summed E-state index contributed by atoms with van der Waals surface area (Å²) in [6.45, 7) is 3.84. The van der Waals surface area contributed by atoms with E-state index in [0.717, 1.165) is 54.2 Å². The molecule has 1 atom stereocenters. The predicted octanol–water partition coefficient (Wildman–Crippen LogP) is 3.46. The Morgan fingerprint density at radius 2 is 2.04 bits per heavy atom. The lowest BCUT2D eigenvalue weighted by Crippen LogP contribution is -2.18. The molecular weight excluding hydrogens is 394 g/mol. The number of benzene rings is 1. The third-order valence-electron chi connectivity index (χ3n) is 4.86. The Labute approximate surface area is 173 Å². The van der Waals surface area contributed by atoms with Gasteiger partial charge in [0.2, 0.25) is 11.0 Å². The number of aromatic nitrogens is 2. The van der Waals surface area contributed by atoms with Gasteiger partial charge in [-0.3, -0.25) is 4.79 Å². The normalized spacial score (nSPS) is 19.1. The van der Waals surface area contributed by atoms with Gasteiger partial charge >= 0.3 is 0 Å². The monoisotopic (exact) mass is 419 g/mol. The number of ether oxygens (including phenoxy) is 1. The highest BCUT2D eigenvalue weighted by atomic mass is 32.2. The second-order valence-corrected chi connectivity index (χ2v) is 9.17. The molecular formula is C19H25N5O2S2.